The van der Waals surface area contributed by atoms with Crippen LogP contribution in [0.25, 0.3) is 11.0 Å². The van der Waals surface area contributed by atoms with Gasteiger partial charge in [0.1, 0.15) is 5.58 Å². The highest BCUT2D eigenvalue weighted by molar-refractivity contribution is 5.99. The van der Waals surface area contributed by atoms with Crippen LogP contribution in [0.2, 0.25) is 0 Å². The molecule has 0 aliphatic carbocycles. The monoisotopic (exact) mass is 396 g/mol. The van der Waals surface area contributed by atoms with Crippen LogP contribution in [0, 0.1) is 0 Å². The SMILES string of the molecule is CCc1ccc2oc3c(c(=O)c2c1)C(c1cccnc1)N(Cc1ccccc1)C3=O. The summed E-state index contributed by atoms with van der Waals surface area (Å²) in [6.45, 7) is 2.42. The van der Waals surface area contributed by atoms with Crippen molar-refractivity contribution in [1.82, 2.24) is 9.88 Å². The first-order valence-corrected chi connectivity index (χ1v) is 10.0. The van der Waals surface area contributed by atoms with Crippen molar-refractivity contribution in [3.8, 4) is 0 Å². The van der Waals surface area contributed by atoms with Crippen LogP contribution in [-0.2, 0) is 13.0 Å². The summed E-state index contributed by atoms with van der Waals surface area (Å²) in [5, 5.41) is 0.511. The van der Waals surface area contributed by atoms with Gasteiger partial charge in [0.2, 0.25) is 5.76 Å². The minimum absolute atomic E-state index is 0.126. The predicted octanol–water partition coefficient (Wildman–Crippen LogP) is 4.50. The number of fused-ring (bicyclic) bond motifs is 2. The van der Waals surface area contributed by atoms with E-state index in [1.54, 1.807) is 23.4 Å². The minimum Gasteiger partial charge on any atom is -0.450 e. The van der Waals surface area contributed by atoms with Gasteiger partial charge in [-0.05, 0) is 41.3 Å². The van der Waals surface area contributed by atoms with Crippen molar-refractivity contribution in [3.05, 3.63) is 111 Å². The summed E-state index contributed by atoms with van der Waals surface area (Å²) < 4.78 is 6.00. The highest BCUT2D eigenvalue weighted by atomic mass is 16.3. The van der Waals surface area contributed by atoms with Gasteiger partial charge in [-0.15, -0.1) is 0 Å². The van der Waals surface area contributed by atoms with Crippen molar-refractivity contribution < 1.29 is 9.21 Å². The Morgan fingerprint density at radius 2 is 1.83 bits per heavy atom. The Balaban J connectivity index is 1.73. The van der Waals surface area contributed by atoms with E-state index in [1.165, 1.54) is 0 Å². The molecule has 0 radical (unpaired) electrons. The molecule has 3 heterocycles. The molecule has 30 heavy (non-hydrogen) atoms. The molecule has 0 fully saturated rings. The Kier molecular flexibility index (Phi) is 4.43. The molecule has 1 aliphatic rings. The Bertz CT molecular complexity index is 1300. The molecule has 0 bridgehead atoms. The molecule has 1 amide bonds. The number of hydrogen-bond donors (Lipinski definition) is 0. The normalized spacial score (nSPS) is 15.6. The molecule has 4 aromatic rings. The third kappa shape index (κ3) is 2.90. The van der Waals surface area contributed by atoms with Crippen molar-refractivity contribution in [2.75, 3.05) is 0 Å². The Morgan fingerprint density at radius 3 is 2.57 bits per heavy atom. The molecule has 148 valence electrons. The van der Waals surface area contributed by atoms with Gasteiger partial charge in [0.15, 0.2) is 5.43 Å². The van der Waals surface area contributed by atoms with Crippen LogP contribution >= 0.6 is 0 Å². The fourth-order valence-corrected chi connectivity index (χ4v) is 4.11. The highest BCUT2D eigenvalue weighted by Gasteiger charge is 2.42. The maximum atomic E-state index is 13.6. The lowest BCUT2D eigenvalue weighted by Gasteiger charge is -2.25. The lowest BCUT2D eigenvalue weighted by molar-refractivity contribution is 0.0714. The van der Waals surface area contributed by atoms with Gasteiger partial charge in [-0.25, -0.2) is 0 Å². The fraction of sp³-hybridized carbons (Fsp3) is 0.160. The second-order valence-electron chi connectivity index (χ2n) is 7.47. The van der Waals surface area contributed by atoms with Gasteiger partial charge in [-0.1, -0.05) is 49.4 Å². The predicted molar refractivity (Wildman–Crippen MR) is 114 cm³/mol. The van der Waals surface area contributed by atoms with E-state index in [1.807, 2.05) is 61.5 Å². The molecule has 2 aromatic heterocycles. The first kappa shape index (κ1) is 18.3. The zero-order valence-electron chi connectivity index (χ0n) is 16.5. The number of hydrogen-bond acceptors (Lipinski definition) is 4. The second kappa shape index (κ2) is 7.26. The van der Waals surface area contributed by atoms with Gasteiger partial charge < -0.3 is 9.32 Å². The number of pyridine rings is 1. The van der Waals surface area contributed by atoms with E-state index in [0.717, 1.165) is 23.1 Å². The maximum absolute atomic E-state index is 13.6. The molecular formula is C25H20N2O3. The van der Waals surface area contributed by atoms with Gasteiger partial charge in [0, 0.05) is 18.9 Å². The molecule has 0 spiro atoms. The van der Waals surface area contributed by atoms with Crippen LogP contribution in [-0.4, -0.2) is 15.8 Å². The molecule has 0 saturated carbocycles. The third-order valence-corrected chi connectivity index (χ3v) is 5.63. The summed E-state index contributed by atoms with van der Waals surface area (Å²) >= 11 is 0. The highest BCUT2D eigenvalue weighted by Crippen LogP contribution is 2.38. The maximum Gasteiger partial charge on any atom is 0.291 e. The van der Waals surface area contributed by atoms with E-state index in [2.05, 4.69) is 4.98 Å². The van der Waals surface area contributed by atoms with E-state index in [9.17, 15) is 9.59 Å². The van der Waals surface area contributed by atoms with Crippen molar-refractivity contribution in [1.29, 1.82) is 0 Å². The lowest BCUT2D eigenvalue weighted by Crippen LogP contribution is -2.29. The number of aryl methyl sites for hydroxylation is 1. The summed E-state index contributed by atoms with van der Waals surface area (Å²) in [5.41, 5.74) is 3.51. The van der Waals surface area contributed by atoms with Crippen molar-refractivity contribution in [3.63, 3.8) is 0 Å². The fourth-order valence-electron chi connectivity index (χ4n) is 4.11. The molecular weight excluding hydrogens is 376 g/mol. The number of carbonyl (C=O) groups excluding carboxylic acids is 1. The number of rotatable bonds is 4. The lowest BCUT2D eigenvalue weighted by atomic mass is 9.99. The molecule has 1 aliphatic heterocycles. The van der Waals surface area contributed by atoms with E-state index in [0.29, 0.717) is 23.1 Å². The average molecular weight is 396 g/mol. The van der Waals surface area contributed by atoms with Gasteiger partial charge >= 0.3 is 0 Å². The van der Waals surface area contributed by atoms with Crippen LogP contribution in [0.4, 0.5) is 0 Å². The van der Waals surface area contributed by atoms with E-state index < -0.39 is 6.04 Å². The number of benzene rings is 2. The van der Waals surface area contributed by atoms with Gasteiger partial charge in [-0.3, -0.25) is 14.6 Å². The standard InChI is InChI=1S/C25H20N2O3/c1-2-16-10-11-20-19(13-16)23(28)21-22(18-9-6-12-26-14-18)27(25(29)24(21)30-20)15-17-7-4-3-5-8-17/h3-14,22H,2,15H2,1H3. The quantitative estimate of drug-likeness (QED) is 0.510. The largest absolute Gasteiger partial charge is 0.450 e. The molecule has 0 N–H and O–H groups in total. The molecule has 0 saturated heterocycles. The first-order valence-electron chi connectivity index (χ1n) is 10.0. The van der Waals surface area contributed by atoms with E-state index in [4.69, 9.17) is 4.42 Å². The zero-order chi connectivity index (χ0) is 20.7. The number of aromatic nitrogens is 1. The van der Waals surface area contributed by atoms with Crippen LogP contribution in [0.1, 0.15) is 45.8 Å². The molecule has 2 aromatic carbocycles. The van der Waals surface area contributed by atoms with Crippen molar-refractivity contribution in [2.45, 2.75) is 25.9 Å². The van der Waals surface area contributed by atoms with E-state index in [-0.39, 0.29) is 17.1 Å². The van der Waals surface area contributed by atoms with E-state index >= 15 is 0 Å². The van der Waals surface area contributed by atoms with Crippen LogP contribution in [0.3, 0.4) is 0 Å². The summed E-state index contributed by atoms with van der Waals surface area (Å²) in [6.07, 6.45) is 4.20. The molecule has 1 unspecified atom stereocenters. The number of carbonyl (C=O) groups is 1. The number of nitrogens with zero attached hydrogens (tertiary/aromatic N) is 2. The minimum atomic E-state index is -0.535. The van der Waals surface area contributed by atoms with Gasteiger partial charge in [0.25, 0.3) is 5.91 Å². The Labute approximate surface area is 173 Å². The average Bonchev–Trinajstić information content (AvgIpc) is 3.07. The number of amides is 1. The molecule has 5 rings (SSSR count). The molecule has 5 nitrogen and oxygen atoms in total. The van der Waals surface area contributed by atoms with Gasteiger partial charge in [-0.2, -0.15) is 0 Å². The van der Waals surface area contributed by atoms with Crippen LogP contribution in [0.15, 0.2) is 82.3 Å². The summed E-state index contributed by atoms with van der Waals surface area (Å²) in [4.78, 5) is 32.8. The van der Waals surface area contributed by atoms with Crippen molar-refractivity contribution >= 4 is 16.9 Å². The van der Waals surface area contributed by atoms with Crippen LogP contribution in [0.5, 0.6) is 0 Å². The second-order valence-corrected chi connectivity index (χ2v) is 7.47. The van der Waals surface area contributed by atoms with Crippen molar-refractivity contribution in [2.24, 2.45) is 0 Å². The summed E-state index contributed by atoms with van der Waals surface area (Å²) in [6, 6.07) is 18.5. The first-order chi connectivity index (χ1) is 14.7. The summed E-state index contributed by atoms with van der Waals surface area (Å²) in [5.74, 6) is -0.150. The Morgan fingerprint density at radius 1 is 1.00 bits per heavy atom. The third-order valence-electron chi connectivity index (χ3n) is 5.63. The molecule has 1 atom stereocenters. The summed E-state index contributed by atoms with van der Waals surface area (Å²) in [7, 11) is 0. The zero-order valence-corrected chi connectivity index (χ0v) is 16.5. The van der Waals surface area contributed by atoms with Gasteiger partial charge in [0.05, 0.1) is 17.0 Å². The smallest absolute Gasteiger partial charge is 0.291 e. The Hall–Kier alpha value is -3.73. The molecule has 5 heteroatoms. The van der Waals surface area contributed by atoms with Crippen LogP contribution < -0.4 is 5.43 Å². The topological polar surface area (TPSA) is 63.4 Å².